The Kier molecular flexibility index (Phi) is 5.15. The topological polar surface area (TPSA) is 38.3 Å². The lowest BCUT2D eigenvalue weighted by Gasteiger charge is -2.26. The molecule has 0 heterocycles. The fourth-order valence-corrected chi connectivity index (χ4v) is 2.48. The molecule has 0 fully saturated rings. The molecular formula is C13H18BrNO2. The number of hydrogen-bond donors (Lipinski definition) is 1. The smallest absolute Gasteiger partial charge is 0.319 e. The van der Waals surface area contributed by atoms with Crippen molar-refractivity contribution in [3.05, 3.63) is 34.3 Å². The van der Waals surface area contributed by atoms with Crippen molar-refractivity contribution >= 4 is 21.9 Å². The van der Waals surface area contributed by atoms with Gasteiger partial charge in [0.1, 0.15) is 0 Å². The third-order valence-electron chi connectivity index (χ3n) is 2.67. The molecule has 0 amide bonds. The van der Waals surface area contributed by atoms with Crippen LogP contribution in [0, 0.1) is 0 Å². The Morgan fingerprint density at radius 3 is 2.65 bits per heavy atom. The zero-order valence-electron chi connectivity index (χ0n) is 10.4. The van der Waals surface area contributed by atoms with E-state index in [9.17, 15) is 4.79 Å². The van der Waals surface area contributed by atoms with Crippen molar-refractivity contribution < 1.29 is 9.53 Å². The summed E-state index contributed by atoms with van der Waals surface area (Å²) in [6.45, 7) is 5.23. The molecule has 0 aliphatic heterocycles. The Morgan fingerprint density at radius 2 is 2.06 bits per heavy atom. The van der Waals surface area contributed by atoms with Gasteiger partial charge in [0, 0.05) is 16.4 Å². The molecule has 94 valence electrons. The lowest BCUT2D eigenvalue weighted by atomic mass is 9.84. The van der Waals surface area contributed by atoms with Crippen LogP contribution in [0.25, 0.3) is 0 Å². The fraction of sp³-hybridized carbons (Fsp3) is 0.462. The molecule has 0 bridgehead atoms. The van der Waals surface area contributed by atoms with Gasteiger partial charge in [-0.05, 0) is 11.6 Å². The van der Waals surface area contributed by atoms with E-state index in [0.717, 1.165) is 4.47 Å². The Labute approximate surface area is 111 Å². The van der Waals surface area contributed by atoms with Crippen molar-refractivity contribution in [2.75, 3.05) is 20.2 Å². The lowest BCUT2D eigenvalue weighted by Crippen LogP contribution is -2.36. The van der Waals surface area contributed by atoms with Gasteiger partial charge in [0.2, 0.25) is 0 Å². The Morgan fingerprint density at radius 1 is 1.41 bits per heavy atom. The summed E-state index contributed by atoms with van der Waals surface area (Å²) in [5, 5.41) is 3.11. The maximum Gasteiger partial charge on any atom is 0.319 e. The zero-order chi connectivity index (χ0) is 12.9. The average molecular weight is 300 g/mol. The summed E-state index contributed by atoms with van der Waals surface area (Å²) in [5.74, 6) is -0.243. The van der Waals surface area contributed by atoms with Crippen LogP contribution in [0.5, 0.6) is 0 Å². The molecule has 1 N–H and O–H groups in total. The predicted octanol–water partition coefficient (Wildman–Crippen LogP) is 2.49. The summed E-state index contributed by atoms with van der Waals surface area (Å²) < 4.78 is 5.67. The van der Waals surface area contributed by atoms with Crippen LogP contribution in [0.4, 0.5) is 0 Å². The summed E-state index contributed by atoms with van der Waals surface area (Å²) in [6.07, 6.45) is 0. The van der Waals surface area contributed by atoms with Crippen molar-refractivity contribution in [2.45, 2.75) is 19.3 Å². The number of ether oxygens (including phenoxy) is 1. The van der Waals surface area contributed by atoms with Crippen LogP contribution >= 0.6 is 15.9 Å². The van der Waals surface area contributed by atoms with Gasteiger partial charge in [0.05, 0.1) is 13.7 Å². The second kappa shape index (κ2) is 6.17. The molecule has 17 heavy (non-hydrogen) atoms. The summed E-state index contributed by atoms with van der Waals surface area (Å²) >= 11 is 3.55. The minimum atomic E-state index is -0.243. The first-order valence-corrected chi connectivity index (χ1v) is 6.29. The number of rotatable bonds is 5. The number of nitrogens with one attached hydrogen (secondary N) is 1. The molecule has 1 aromatic rings. The van der Waals surface area contributed by atoms with Crippen LogP contribution in [0.2, 0.25) is 0 Å². The summed E-state index contributed by atoms with van der Waals surface area (Å²) in [6, 6.07) is 8.12. The van der Waals surface area contributed by atoms with Gasteiger partial charge in [-0.3, -0.25) is 4.79 Å². The third-order valence-corrected chi connectivity index (χ3v) is 3.36. The molecule has 0 aliphatic rings. The number of carbonyl (C=O) groups is 1. The van der Waals surface area contributed by atoms with E-state index in [1.54, 1.807) is 0 Å². The van der Waals surface area contributed by atoms with Crippen molar-refractivity contribution in [3.63, 3.8) is 0 Å². The monoisotopic (exact) mass is 299 g/mol. The molecule has 0 radical (unpaired) electrons. The summed E-state index contributed by atoms with van der Waals surface area (Å²) in [7, 11) is 1.39. The Bertz CT molecular complexity index is 391. The maximum atomic E-state index is 11.0. The van der Waals surface area contributed by atoms with E-state index in [1.807, 2.05) is 18.2 Å². The van der Waals surface area contributed by atoms with E-state index in [2.05, 4.69) is 45.9 Å². The Balaban J connectivity index is 2.63. The van der Waals surface area contributed by atoms with Crippen molar-refractivity contribution in [2.24, 2.45) is 0 Å². The molecule has 0 saturated heterocycles. The van der Waals surface area contributed by atoms with Gasteiger partial charge >= 0.3 is 5.97 Å². The molecule has 3 nitrogen and oxygen atoms in total. The number of methoxy groups -OCH3 is 1. The average Bonchev–Trinajstić information content (AvgIpc) is 2.28. The molecule has 1 rings (SSSR count). The van der Waals surface area contributed by atoms with Crippen LogP contribution in [-0.4, -0.2) is 26.2 Å². The summed E-state index contributed by atoms with van der Waals surface area (Å²) in [5.41, 5.74) is 1.17. The second-order valence-corrected chi connectivity index (χ2v) is 5.40. The number of esters is 1. The van der Waals surface area contributed by atoms with E-state index in [4.69, 9.17) is 0 Å². The van der Waals surface area contributed by atoms with Crippen molar-refractivity contribution in [1.29, 1.82) is 0 Å². The van der Waals surface area contributed by atoms with E-state index in [-0.39, 0.29) is 17.9 Å². The highest BCUT2D eigenvalue weighted by Crippen LogP contribution is 2.29. The highest BCUT2D eigenvalue weighted by molar-refractivity contribution is 9.10. The van der Waals surface area contributed by atoms with E-state index < -0.39 is 0 Å². The molecule has 0 aliphatic carbocycles. The minimum absolute atomic E-state index is 0.0475. The van der Waals surface area contributed by atoms with Gasteiger partial charge in [0.25, 0.3) is 0 Å². The first-order chi connectivity index (χ1) is 7.97. The number of carbonyl (C=O) groups excluding carboxylic acids is 1. The normalized spacial score (nSPS) is 11.3. The van der Waals surface area contributed by atoms with Gasteiger partial charge in [-0.2, -0.15) is 0 Å². The molecule has 0 atom stereocenters. The first-order valence-electron chi connectivity index (χ1n) is 5.50. The van der Waals surface area contributed by atoms with E-state index in [0.29, 0.717) is 6.54 Å². The molecule has 4 heteroatoms. The van der Waals surface area contributed by atoms with Crippen LogP contribution < -0.4 is 5.32 Å². The Hall–Kier alpha value is -0.870. The highest BCUT2D eigenvalue weighted by atomic mass is 79.9. The van der Waals surface area contributed by atoms with Gasteiger partial charge < -0.3 is 10.1 Å². The van der Waals surface area contributed by atoms with Gasteiger partial charge in [-0.25, -0.2) is 0 Å². The van der Waals surface area contributed by atoms with E-state index >= 15 is 0 Å². The predicted molar refractivity (Wildman–Crippen MR) is 72.1 cm³/mol. The quantitative estimate of drug-likeness (QED) is 0.849. The largest absolute Gasteiger partial charge is 0.468 e. The first kappa shape index (κ1) is 14.2. The molecule has 0 saturated carbocycles. The van der Waals surface area contributed by atoms with E-state index in [1.165, 1.54) is 12.7 Å². The lowest BCUT2D eigenvalue weighted by molar-refractivity contribution is -0.139. The standard InChI is InChI=1S/C13H18BrNO2/c1-13(2,9-15-8-12(16)17-3)10-6-4-5-7-11(10)14/h4-7,15H,8-9H2,1-3H3. The number of hydrogen-bond acceptors (Lipinski definition) is 3. The second-order valence-electron chi connectivity index (χ2n) is 4.54. The van der Waals surface area contributed by atoms with Gasteiger partial charge in [0.15, 0.2) is 0 Å². The number of halogens is 1. The van der Waals surface area contributed by atoms with Crippen LogP contribution in [-0.2, 0) is 14.9 Å². The van der Waals surface area contributed by atoms with Crippen LogP contribution in [0.15, 0.2) is 28.7 Å². The SMILES string of the molecule is COC(=O)CNCC(C)(C)c1ccccc1Br. The van der Waals surface area contributed by atoms with Crippen molar-refractivity contribution in [1.82, 2.24) is 5.32 Å². The molecule has 0 aromatic heterocycles. The minimum Gasteiger partial charge on any atom is -0.468 e. The highest BCUT2D eigenvalue weighted by Gasteiger charge is 2.22. The molecule has 1 aromatic carbocycles. The van der Waals surface area contributed by atoms with Gasteiger partial charge in [-0.15, -0.1) is 0 Å². The molecule has 0 spiro atoms. The molecular weight excluding hydrogens is 282 g/mol. The van der Waals surface area contributed by atoms with Gasteiger partial charge in [-0.1, -0.05) is 48.0 Å². The maximum absolute atomic E-state index is 11.0. The zero-order valence-corrected chi connectivity index (χ0v) is 12.0. The van der Waals surface area contributed by atoms with Crippen LogP contribution in [0.1, 0.15) is 19.4 Å². The number of benzene rings is 1. The fourth-order valence-electron chi connectivity index (χ4n) is 1.65. The third kappa shape index (κ3) is 4.13. The molecule has 0 unspecified atom stereocenters. The summed E-state index contributed by atoms with van der Waals surface area (Å²) in [4.78, 5) is 11.0. The van der Waals surface area contributed by atoms with Crippen LogP contribution in [0.3, 0.4) is 0 Å². The van der Waals surface area contributed by atoms with Crippen molar-refractivity contribution in [3.8, 4) is 0 Å².